The van der Waals surface area contributed by atoms with Crippen molar-refractivity contribution in [2.45, 2.75) is 38.0 Å². The molecule has 118 valence electrons. The van der Waals surface area contributed by atoms with Gasteiger partial charge in [0.25, 0.3) is 0 Å². The Labute approximate surface area is 127 Å². The molecule has 0 amide bonds. The first-order chi connectivity index (χ1) is 9.98. The molecule has 0 spiro atoms. The summed E-state index contributed by atoms with van der Waals surface area (Å²) < 4.78 is 32.6. The molecular weight excluding hydrogens is 288 g/mol. The average molecular weight is 312 g/mol. The highest BCUT2D eigenvalue weighted by atomic mass is 32.2. The largest absolute Gasteiger partial charge is 0.492 e. The van der Waals surface area contributed by atoms with Gasteiger partial charge in [-0.15, -0.1) is 0 Å². The Morgan fingerprint density at radius 1 is 1.29 bits per heavy atom. The lowest BCUT2D eigenvalue weighted by Gasteiger charge is -2.31. The SMILES string of the molecule is CCOc1ccc(N)cc1S(=O)(=O)N1CCC(CC)CC1. The van der Waals surface area contributed by atoms with Gasteiger partial charge in [-0.3, -0.25) is 0 Å². The molecule has 1 aromatic rings. The summed E-state index contributed by atoms with van der Waals surface area (Å²) in [6, 6.07) is 4.78. The van der Waals surface area contributed by atoms with Crippen molar-refractivity contribution in [2.24, 2.45) is 5.92 Å². The lowest BCUT2D eigenvalue weighted by atomic mass is 9.96. The lowest BCUT2D eigenvalue weighted by molar-refractivity contribution is 0.267. The summed E-state index contributed by atoms with van der Waals surface area (Å²) in [4.78, 5) is 0.180. The topological polar surface area (TPSA) is 72.6 Å². The zero-order chi connectivity index (χ0) is 15.5. The van der Waals surface area contributed by atoms with E-state index in [0.29, 0.717) is 37.1 Å². The molecule has 0 atom stereocenters. The van der Waals surface area contributed by atoms with Crippen LogP contribution in [0, 0.1) is 5.92 Å². The van der Waals surface area contributed by atoms with Crippen LogP contribution in [-0.4, -0.2) is 32.4 Å². The predicted molar refractivity (Wildman–Crippen MR) is 83.8 cm³/mol. The Balaban J connectivity index is 2.29. The molecule has 0 saturated carbocycles. The van der Waals surface area contributed by atoms with Crippen LogP contribution in [-0.2, 0) is 10.0 Å². The highest BCUT2D eigenvalue weighted by Crippen LogP contribution is 2.31. The van der Waals surface area contributed by atoms with Crippen LogP contribution >= 0.6 is 0 Å². The molecule has 1 heterocycles. The summed E-state index contributed by atoms with van der Waals surface area (Å²) in [6.45, 7) is 5.55. The molecule has 1 aliphatic heterocycles. The number of hydrogen-bond donors (Lipinski definition) is 1. The van der Waals surface area contributed by atoms with E-state index in [4.69, 9.17) is 10.5 Å². The molecule has 0 aliphatic carbocycles. The van der Waals surface area contributed by atoms with Crippen molar-refractivity contribution in [3.05, 3.63) is 18.2 Å². The molecule has 0 aromatic heterocycles. The van der Waals surface area contributed by atoms with E-state index in [1.54, 1.807) is 16.4 Å². The quantitative estimate of drug-likeness (QED) is 0.848. The zero-order valence-electron chi connectivity index (χ0n) is 12.7. The van der Waals surface area contributed by atoms with E-state index in [2.05, 4.69) is 6.92 Å². The summed E-state index contributed by atoms with van der Waals surface area (Å²) in [5.41, 5.74) is 6.19. The van der Waals surface area contributed by atoms with Crippen LogP contribution in [0.1, 0.15) is 33.1 Å². The van der Waals surface area contributed by atoms with Gasteiger partial charge >= 0.3 is 0 Å². The summed E-state index contributed by atoms with van der Waals surface area (Å²) in [5, 5.41) is 0. The minimum absolute atomic E-state index is 0.180. The van der Waals surface area contributed by atoms with E-state index in [1.165, 1.54) is 6.07 Å². The van der Waals surface area contributed by atoms with E-state index < -0.39 is 10.0 Å². The van der Waals surface area contributed by atoms with Crippen molar-refractivity contribution in [1.82, 2.24) is 4.31 Å². The Morgan fingerprint density at radius 3 is 2.52 bits per heavy atom. The molecule has 1 fully saturated rings. The number of sulfonamides is 1. The molecular formula is C15H24N2O3S. The van der Waals surface area contributed by atoms with Crippen molar-refractivity contribution < 1.29 is 13.2 Å². The van der Waals surface area contributed by atoms with Gasteiger partial charge < -0.3 is 10.5 Å². The maximum atomic E-state index is 12.8. The first kappa shape index (κ1) is 16.1. The molecule has 1 saturated heterocycles. The van der Waals surface area contributed by atoms with Crippen molar-refractivity contribution in [3.8, 4) is 5.75 Å². The lowest BCUT2D eigenvalue weighted by Crippen LogP contribution is -2.38. The molecule has 0 unspecified atom stereocenters. The van der Waals surface area contributed by atoms with E-state index in [-0.39, 0.29) is 4.90 Å². The molecule has 1 aromatic carbocycles. The molecule has 1 aliphatic rings. The van der Waals surface area contributed by atoms with Crippen LogP contribution in [0.3, 0.4) is 0 Å². The first-order valence-electron chi connectivity index (χ1n) is 7.51. The fourth-order valence-corrected chi connectivity index (χ4v) is 4.33. The van der Waals surface area contributed by atoms with Crippen LogP contribution in [0.4, 0.5) is 5.69 Å². The average Bonchev–Trinajstić information content (AvgIpc) is 2.49. The van der Waals surface area contributed by atoms with Gasteiger partial charge in [-0.05, 0) is 43.9 Å². The molecule has 2 N–H and O–H groups in total. The minimum atomic E-state index is -3.54. The summed E-state index contributed by atoms with van der Waals surface area (Å²) in [6.07, 6.45) is 2.94. The zero-order valence-corrected chi connectivity index (χ0v) is 13.5. The van der Waals surface area contributed by atoms with Crippen molar-refractivity contribution in [2.75, 3.05) is 25.4 Å². The third kappa shape index (κ3) is 3.49. The molecule has 2 rings (SSSR count). The third-order valence-corrected chi connectivity index (χ3v) is 5.96. The van der Waals surface area contributed by atoms with Gasteiger partial charge in [-0.2, -0.15) is 4.31 Å². The Kier molecular flexibility index (Phi) is 5.11. The fraction of sp³-hybridized carbons (Fsp3) is 0.600. The number of hydrogen-bond acceptors (Lipinski definition) is 4. The molecule has 0 bridgehead atoms. The third-order valence-electron chi connectivity index (χ3n) is 4.04. The van der Waals surface area contributed by atoms with Gasteiger partial charge in [-0.1, -0.05) is 13.3 Å². The van der Waals surface area contributed by atoms with E-state index >= 15 is 0 Å². The van der Waals surface area contributed by atoms with Crippen LogP contribution < -0.4 is 10.5 Å². The van der Waals surface area contributed by atoms with Crippen LogP contribution in [0.25, 0.3) is 0 Å². The second kappa shape index (κ2) is 6.66. The normalized spacial score (nSPS) is 17.8. The second-order valence-corrected chi connectivity index (χ2v) is 7.30. The maximum Gasteiger partial charge on any atom is 0.246 e. The monoisotopic (exact) mass is 312 g/mol. The van der Waals surface area contributed by atoms with E-state index in [9.17, 15) is 8.42 Å². The molecule has 6 heteroatoms. The minimum Gasteiger partial charge on any atom is -0.492 e. The van der Waals surface area contributed by atoms with Crippen molar-refractivity contribution in [3.63, 3.8) is 0 Å². The predicted octanol–water partition coefficient (Wildman–Crippen LogP) is 2.48. The smallest absolute Gasteiger partial charge is 0.246 e. The maximum absolute atomic E-state index is 12.8. The number of nitrogens with zero attached hydrogens (tertiary/aromatic N) is 1. The van der Waals surface area contributed by atoms with Gasteiger partial charge in [0.05, 0.1) is 6.61 Å². The van der Waals surface area contributed by atoms with Crippen LogP contribution in [0.2, 0.25) is 0 Å². The van der Waals surface area contributed by atoms with Gasteiger partial charge in [0.2, 0.25) is 10.0 Å². The molecule has 21 heavy (non-hydrogen) atoms. The summed E-state index contributed by atoms with van der Waals surface area (Å²) in [7, 11) is -3.54. The van der Waals surface area contributed by atoms with Crippen LogP contribution in [0.5, 0.6) is 5.75 Å². The molecule has 0 radical (unpaired) electrons. The van der Waals surface area contributed by atoms with Gasteiger partial charge in [0.1, 0.15) is 10.6 Å². The number of nitrogens with two attached hydrogens (primary N) is 1. The standard InChI is InChI=1S/C15H24N2O3S/c1-3-12-7-9-17(10-8-12)21(18,19)15-11-13(16)5-6-14(15)20-4-2/h5-6,11-12H,3-4,7-10,16H2,1-2H3. The number of piperidine rings is 1. The van der Waals surface area contributed by atoms with Gasteiger partial charge in [0.15, 0.2) is 0 Å². The number of nitrogen functional groups attached to an aromatic ring is 1. The number of benzene rings is 1. The number of rotatable bonds is 5. The number of ether oxygens (including phenoxy) is 1. The van der Waals surface area contributed by atoms with Gasteiger partial charge in [-0.25, -0.2) is 8.42 Å². The van der Waals surface area contributed by atoms with Crippen molar-refractivity contribution >= 4 is 15.7 Å². The van der Waals surface area contributed by atoms with Crippen molar-refractivity contribution in [1.29, 1.82) is 0 Å². The van der Waals surface area contributed by atoms with Gasteiger partial charge in [0, 0.05) is 18.8 Å². The Bertz CT molecular complexity index is 579. The fourth-order valence-electron chi connectivity index (χ4n) is 2.70. The highest BCUT2D eigenvalue weighted by molar-refractivity contribution is 7.89. The Morgan fingerprint density at radius 2 is 1.95 bits per heavy atom. The Hall–Kier alpha value is -1.27. The number of anilines is 1. The summed E-state index contributed by atoms with van der Waals surface area (Å²) >= 11 is 0. The van der Waals surface area contributed by atoms with E-state index in [1.807, 2.05) is 6.92 Å². The van der Waals surface area contributed by atoms with Crippen LogP contribution in [0.15, 0.2) is 23.1 Å². The van der Waals surface area contributed by atoms with E-state index in [0.717, 1.165) is 19.3 Å². The second-order valence-electron chi connectivity index (χ2n) is 5.39. The molecule has 5 nitrogen and oxygen atoms in total. The summed E-state index contributed by atoms with van der Waals surface area (Å²) in [5.74, 6) is 1.01. The first-order valence-corrected chi connectivity index (χ1v) is 8.95. The highest BCUT2D eigenvalue weighted by Gasteiger charge is 2.31.